The second kappa shape index (κ2) is 6.28. The number of anilines is 1. The minimum Gasteiger partial charge on any atom is -0.339 e. The van der Waals surface area contributed by atoms with E-state index in [1.165, 1.54) is 12.8 Å². The first-order chi connectivity index (χ1) is 9.06. The lowest BCUT2D eigenvalue weighted by Crippen LogP contribution is -2.41. The molecule has 1 fully saturated rings. The van der Waals surface area contributed by atoms with Gasteiger partial charge in [0.05, 0.1) is 11.4 Å². The standard InChI is InChI=1S/C14H25N5/c1-10(2)15-8-13-6-5-7-19(9-13)14-16-11(3)12(4)17-18-14/h10,13,15H,5-9H2,1-4H3. The maximum atomic E-state index is 4.56. The van der Waals surface area contributed by atoms with Gasteiger partial charge in [0, 0.05) is 19.1 Å². The van der Waals surface area contributed by atoms with Gasteiger partial charge >= 0.3 is 0 Å². The summed E-state index contributed by atoms with van der Waals surface area (Å²) in [6.07, 6.45) is 2.50. The van der Waals surface area contributed by atoms with Gasteiger partial charge in [-0.2, -0.15) is 5.10 Å². The zero-order valence-electron chi connectivity index (χ0n) is 12.5. The van der Waals surface area contributed by atoms with Crippen molar-refractivity contribution in [2.45, 2.75) is 46.6 Å². The Labute approximate surface area is 115 Å². The van der Waals surface area contributed by atoms with Crippen molar-refractivity contribution in [3.63, 3.8) is 0 Å². The summed E-state index contributed by atoms with van der Waals surface area (Å²) in [6, 6.07) is 0.551. The van der Waals surface area contributed by atoms with Gasteiger partial charge in [0.15, 0.2) is 0 Å². The highest BCUT2D eigenvalue weighted by molar-refractivity contribution is 5.30. The fourth-order valence-electron chi connectivity index (χ4n) is 2.40. The molecule has 1 aliphatic rings. The van der Waals surface area contributed by atoms with Gasteiger partial charge in [0.1, 0.15) is 0 Å². The quantitative estimate of drug-likeness (QED) is 0.896. The molecule has 1 atom stereocenters. The predicted octanol–water partition coefficient (Wildman–Crippen LogP) is 1.70. The van der Waals surface area contributed by atoms with Crippen molar-refractivity contribution in [1.82, 2.24) is 20.5 Å². The summed E-state index contributed by atoms with van der Waals surface area (Å²) in [6.45, 7) is 11.5. The molecular weight excluding hydrogens is 238 g/mol. The van der Waals surface area contributed by atoms with Crippen molar-refractivity contribution in [2.75, 3.05) is 24.5 Å². The fourth-order valence-corrected chi connectivity index (χ4v) is 2.40. The molecule has 1 aliphatic heterocycles. The van der Waals surface area contributed by atoms with E-state index < -0.39 is 0 Å². The topological polar surface area (TPSA) is 53.9 Å². The van der Waals surface area contributed by atoms with Crippen LogP contribution >= 0.6 is 0 Å². The van der Waals surface area contributed by atoms with Crippen LogP contribution in [-0.2, 0) is 0 Å². The van der Waals surface area contributed by atoms with Crippen molar-refractivity contribution in [3.8, 4) is 0 Å². The first kappa shape index (κ1) is 14.2. The molecule has 1 aromatic heterocycles. The summed E-state index contributed by atoms with van der Waals surface area (Å²) in [5.74, 6) is 1.47. The number of aromatic nitrogens is 3. The van der Waals surface area contributed by atoms with Gasteiger partial charge in [0.25, 0.3) is 0 Å². The Morgan fingerprint density at radius 2 is 2.05 bits per heavy atom. The third kappa shape index (κ3) is 3.86. The Kier molecular flexibility index (Phi) is 4.69. The summed E-state index contributed by atoms with van der Waals surface area (Å²) >= 11 is 0. The molecule has 0 amide bonds. The van der Waals surface area contributed by atoms with Crippen LogP contribution in [0.3, 0.4) is 0 Å². The fraction of sp³-hybridized carbons (Fsp3) is 0.786. The largest absolute Gasteiger partial charge is 0.339 e. The number of hydrogen-bond acceptors (Lipinski definition) is 5. The third-order valence-corrected chi connectivity index (χ3v) is 3.70. The number of aryl methyl sites for hydroxylation is 2. The molecule has 19 heavy (non-hydrogen) atoms. The third-order valence-electron chi connectivity index (χ3n) is 3.70. The maximum absolute atomic E-state index is 4.56. The predicted molar refractivity (Wildman–Crippen MR) is 77.4 cm³/mol. The molecule has 106 valence electrons. The Morgan fingerprint density at radius 1 is 1.26 bits per heavy atom. The van der Waals surface area contributed by atoms with Crippen LogP contribution < -0.4 is 10.2 Å². The summed E-state index contributed by atoms with van der Waals surface area (Å²) in [4.78, 5) is 6.83. The van der Waals surface area contributed by atoms with Crippen molar-refractivity contribution >= 4 is 5.95 Å². The normalized spacial score (nSPS) is 20.1. The second-order valence-electron chi connectivity index (χ2n) is 5.80. The lowest BCUT2D eigenvalue weighted by molar-refractivity contribution is 0.376. The van der Waals surface area contributed by atoms with Crippen LogP contribution in [0.2, 0.25) is 0 Å². The molecule has 0 radical (unpaired) electrons. The summed E-state index contributed by atoms with van der Waals surface area (Å²) < 4.78 is 0. The van der Waals surface area contributed by atoms with Crippen LogP contribution in [0.15, 0.2) is 0 Å². The SMILES string of the molecule is Cc1nnc(N2CCCC(CNC(C)C)C2)nc1C. The van der Waals surface area contributed by atoms with E-state index in [9.17, 15) is 0 Å². The van der Waals surface area contributed by atoms with Crippen LogP contribution in [0.25, 0.3) is 0 Å². The molecule has 0 aliphatic carbocycles. The number of nitrogens with zero attached hydrogens (tertiary/aromatic N) is 4. The van der Waals surface area contributed by atoms with Crippen molar-refractivity contribution in [3.05, 3.63) is 11.4 Å². The monoisotopic (exact) mass is 263 g/mol. The van der Waals surface area contributed by atoms with Crippen molar-refractivity contribution in [1.29, 1.82) is 0 Å². The zero-order chi connectivity index (χ0) is 13.8. The molecule has 0 saturated carbocycles. The molecule has 0 spiro atoms. The zero-order valence-corrected chi connectivity index (χ0v) is 12.5. The Bertz CT molecular complexity index is 418. The molecular formula is C14H25N5. The van der Waals surface area contributed by atoms with Crippen LogP contribution in [-0.4, -0.2) is 40.9 Å². The lowest BCUT2D eigenvalue weighted by atomic mass is 9.98. The summed E-state index contributed by atoms with van der Waals surface area (Å²) in [5.41, 5.74) is 1.89. The Morgan fingerprint density at radius 3 is 2.74 bits per heavy atom. The molecule has 1 saturated heterocycles. The van der Waals surface area contributed by atoms with E-state index in [0.717, 1.165) is 37.0 Å². The average Bonchev–Trinajstić information content (AvgIpc) is 2.40. The first-order valence-corrected chi connectivity index (χ1v) is 7.22. The molecule has 0 bridgehead atoms. The lowest BCUT2D eigenvalue weighted by Gasteiger charge is -2.33. The molecule has 1 N–H and O–H groups in total. The van der Waals surface area contributed by atoms with Crippen LogP contribution in [0.1, 0.15) is 38.1 Å². The van der Waals surface area contributed by atoms with E-state index in [-0.39, 0.29) is 0 Å². The van der Waals surface area contributed by atoms with Crippen molar-refractivity contribution < 1.29 is 0 Å². The van der Waals surface area contributed by atoms with Gasteiger partial charge in [-0.25, -0.2) is 4.98 Å². The van der Waals surface area contributed by atoms with E-state index in [4.69, 9.17) is 0 Å². The number of piperidine rings is 1. The van der Waals surface area contributed by atoms with Gasteiger partial charge < -0.3 is 10.2 Å². The molecule has 2 heterocycles. The summed E-state index contributed by atoms with van der Waals surface area (Å²) in [7, 11) is 0. The minimum atomic E-state index is 0.551. The first-order valence-electron chi connectivity index (χ1n) is 7.22. The average molecular weight is 263 g/mol. The molecule has 2 rings (SSSR count). The van der Waals surface area contributed by atoms with Gasteiger partial charge in [-0.1, -0.05) is 13.8 Å². The Balaban J connectivity index is 1.98. The van der Waals surface area contributed by atoms with Gasteiger partial charge in [-0.15, -0.1) is 5.10 Å². The second-order valence-corrected chi connectivity index (χ2v) is 5.80. The van der Waals surface area contributed by atoms with Crippen molar-refractivity contribution in [2.24, 2.45) is 5.92 Å². The van der Waals surface area contributed by atoms with E-state index in [1.807, 2.05) is 13.8 Å². The minimum absolute atomic E-state index is 0.551. The number of hydrogen-bond donors (Lipinski definition) is 1. The van der Waals surface area contributed by atoms with E-state index in [0.29, 0.717) is 12.0 Å². The summed E-state index contributed by atoms with van der Waals surface area (Å²) in [5, 5.41) is 11.9. The molecule has 1 unspecified atom stereocenters. The van der Waals surface area contributed by atoms with E-state index in [1.54, 1.807) is 0 Å². The molecule has 0 aromatic carbocycles. The highest BCUT2D eigenvalue weighted by Gasteiger charge is 2.22. The highest BCUT2D eigenvalue weighted by Crippen LogP contribution is 2.20. The van der Waals surface area contributed by atoms with Crippen LogP contribution in [0.4, 0.5) is 5.95 Å². The highest BCUT2D eigenvalue weighted by atomic mass is 15.3. The van der Waals surface area contributed by atoms with Crippen LogP contribution in [0.5, 0.6) is 0 Å². The van der Waals surface area contributed by atoms with Crippen LogP contribution in [0, 0.1) is 19.8 Å². The number of nitrogens with one attached hydrogen (secondary N) is 1. The smallest absolute Gasteiger partial charge is 0.245 e. The van der Waals surface area contributed by atoms with E-state index in [2.05, 4.69) is 39.2 Å². The maximum Gasteiger partial charge on any atom is 0.245 e. The molecule has 5 nitrogen and oxygen atoms in total. The van der Waals surface area contributed by atoms with E-state index >= 15 is 0 Å². The number of rotatable bonds is 4. The Hall–Kier alpha value is -1.23. The molecule has 1 aromatic rings. The van der Waals surface area contributed by atoms with Gasteiger partial charge in [-0.3, -0.25) is 0 Å². The van der Waals surface area contributed by atoms with Gasteiger partial charge in [-0.05, 0) is 39.2 Å². The molecule has 5 heteroatoms. The van der Waals surface area contributed by atoms with Gasteiger partial charge in [0.2, 0.25) is 5.95 Å².